The van der Waals surface area contributed by atoms with Gasteiger partial charge in [0.1, 0.15) is 5.82 Å². The van der Waals surface area contributed by atoms with Crippen LogP contribution in [0.4, 0.5) is 0 Å². The summed E-state index contributed by atoms with van der Waals surface area (Å²) in [5.41, 5.74) is 1.03. The van der Waals surface area contributed by atoms with Crippen LogP contribution in [0, 0.1) is 0 Å². The summed E-state index contributed by atoms with van der Waals surface area (Å²) in [6, 6.07) is 3.94. The molecule has 0 fully saturated rings. The minimum atomic E-state index is 0.868. The summed E-state index contributed by atoms with van der Waals surface area (Å²) < 4.78 is 2.18. The molecule has 0 aromatic carbocycles. The largest absolute Gasteiger partial charge is 0.309 e. The minimum Gasteiger partial charge on any atom is -0.309 e. The molecule has 1 aliphatic rings. The summed E-state index contributed by atoms with van der Waals surface area (Å²) in [7, 11) is 2.10. The van der Waals surface area contributed by atoms with Crippen LogP contribution in [0.3, 0.4) is 0 Å². The predicted octanol–water partition coefficient (Wildman–Crippen LogP) is 0.786. The topological polar surface area (TPSA) is 46.8 Å². The van der Waals surface area contributed by atoms with Crippen LogP contribution in [-0.2, 0) is 13.1 Å². The van der Waals surface area contributed by atoms with Crippen molar-refractivity contribution in [3.05, 3.63) is 30.4 Å². The van der Waals surface area contributed by atoms with Gasteiger partial charge < -0.3 is 4.57 Å². The van der Waals surface area contributed by atoms with Crippen LogP contribution in [0.15, 0.2) is 24.5 Å². The molecule has 0 aliphatic carbocycles. The van der Waals surface area contributed by atoms with Gasteiger partial charge in [-0.2, -0.15) is 0 Å². The van der Waals surface area contributed by atoms with E-state index in [0.29, 0.717) is 0 Å². The molecule has 82 valence electrons. The smallest absolute Gasteiger partial charge is 0.165 e. The molecular weight excluding hydrogens is 202 g/mol. The quantitative estimate of drug-likeness (QED) is 0.705. The standard InChI is InChI=1S/C11H13N5/c1-15-5-6-16-10(8-15)13-14-11(16)9-3-2-4-12-7-9/h2-4,7H,5-6,8H2,1H3. The van der Waals surface area contributed by atoms with Crippen LogP contribution in [0.5, 0.6) is 0 Å². The number of likely N-dealkylation sites (N-methyl/N-ethyl adjacent to an activating group) is 1. The lowest BCUT2D eigenvalue weighted by molar-refractivity contribution is 0.265. The molecule has 0 saturated carbocycles. The summed E-state index contributed by atoms with van der Waals surface area (Å²) in [5, 5.41) is 8.48. The number of nitrogens with zero attached hydrogens (tertiary/aromatic N) is 5. The molecule has 0 unspecified atom stereocenters. The van der Waals surface area contributed by atoms with Gasteiger partial charge in [0.15, 0.2) is 5.82 Å². The summed E-state index contributed by atoms with van der Waals surface area (Å²) in [5.74, 6) is 1.96. The van der Waals surface area contributed by atoms with Crippen LogP contribution in [0.1, 0.15) is 5.82 Å². The zero-order chi connectivity index (χ0) is 11.0. The lowest BCUT2D eigenvalue weighted by Gasteiger charge is -2.23. The van der Waals surface area contributed by atoms with Crippen molar-refractivity contribution in [3.63, 3.8) is 0 Å². The van der Waals surface area contributed by atoms with E-state index in [2.05, 4.69) is 31.7 Å². The molecule has 0 radical (unpaired) electrons. The van der Waals surface area contributed by atoms with Gasteiger partial charge in [-0.3, -0.25) is 9.88 Å². The van der Waals surface area contributed by atoms with Crippen molar-refractivity contribution in [2.45, 2.75) is 13.1 Å². The molecule has 2 aromatic rings. The van der Waals surface area contributed by atoms with E-state index in [1.54, 1.807) is 6.20 Å². The molecule has 16 heavy (non-hydrogen) atoms. The fourth-order valence-corrected chi connectivity index (χ4v) is 1.99. The summed E-state index contributed by atoms with van der Waals surface area (Å²) >= 11 is 0. The van der Waals surface area contributed by atoms with E-state index in [-0.39, 0.29) is 0 Å². The van der Waals surface area contributed by atoms with Gasteiger partial charge in [0, 0.05) is 31.0 Å². The highest BCUT2D eigenvalue weighted by atomic mass is 15.3. The Hall–Kier alpha value is -1.75. The Morgan fingerprint density at radius 1 is 1.25 bits per heavy atom. The first-order valence-corrected chi connectivity index (χ1v) is 5.35. The lowest BCUT2D eigenvalue weighted by atomic mass is 10.2. The van der Waals surface area contributed by atoms with Gasteiger partial charge >= 0.3 is 0 Å². The van der Waals surface area contributed by atoms with E-state index in [1.807, 2.05) is 18.3 Å². The van der Waals surface area contributed by atoms with E-state index in [9.17, 15) is 0 Å². The van der Waals surface area contributed by atoms with E-state index in [0.717, 1.165) is 36.8 Å². The Morgan fingerprint density at radius 2 is 2.19 bits per heavy atom. The monoisotopic (exact) mass is 215 g/mol. The first-order valence-electron chi connectivity index (χ1n) is 5.35. The highest BCUT2D eigenvalue weighted by Gasteiger charge is 2.19. The van der Waals surface area contributed by atoms with E-state index < -0.39 is 0 Å². The van der Waals surface area contributed by atoms with Gasteiger partial charge in [0.2, 0.25) is 0 Å². The lowest BCUT2D eigenvalue weighted by Crippen LogP contribution is -2.30. The Balaban J connectivity index is 2.04. The molecule has 5 heteroatoms. The van der Waals surface area contributed by atoms with Crippen molar-refractivity contribution in [2.75, 3.05) is 13.6 Å². The van der Waals surface area contributed by atoms with Gasteiger partial charge in [0.05, 0.1) is 6.54 Å². The van der Waals surface area contributed by atoms with Crippen molar-refractivity contribution < 1.29 is 0 Å². The fourth-order valence-electron chi connectivity index (χ4n) is 1.99. The zero-order valence-corrected chi connectivity index (χ0v) is 9.17. The predicted molar refractivity (Wildman–Crippen MR) is 59.6 cm³/mol. The summed E-state index contributed by atoms with van der Waals surface area (Å²) in [6.07, 6.45) is 3.60. The van der Waals surface area contributed by atoms with Crippen molar-refractivity contribution in [3.8, 4) is 11.4 Å². The second kappa shape index (κ2) is 3.68. The summed E-state index contributed by atoms with van der Waals surface area (Å²) in [6.45, 7) is 2.86. The molecule has 0 amide bonds. The van der Waals surface area contributed by atoms with Gasteiger partial charge in [-0.25, -0.2) is 0 Å². The molecule has 5 nitrogen and oxygen atoms in total. The highest BCUT2D eigenvalue weighted by Crippen LogP contribution is 2.19. The van der Waals surface area contributed by atoms with Crippen LogP contribution < -0.4 is 0 Å². The molecule has 0 N–H and O–H groups in total. The summed E-state index contributed by atoms with van der Waals surface area (Å²) in [4.78, 5) is 6.36. The molecule has 3 rings (SSSR count). The van der Waals surface area contributed by atoms with Gasteiger partial charge in [-0.05, 0) is 19.2 Å². The molecule has 0 bridgehead atoms. The minimum absolute atomic E-state index is 0.868. The maximum Gasteiger partial charge on any atom is 0.165 e. The Bertz CT molecular complexity index is 490. The Labute approximate surface area is 93.7 Å². The second-order valence-corrected chi connectivity index (χ2v) is 4.07. The van der Waals surface area contributed by atoms with Crippen LogP contribution >= 0.6 is 0 Å². The van der Waals surface area contributed by atoms with Crippen LogP contribution in [0.2, 0.25) is 0 Å². The first kappa shape index (κ1) is 9.47. The third kappa shape index (κ3) is 1.49. The normalized spacial score (nSPS) is 16.1. The number of pyridine rings is 1. The average Bonchev–Trinajstić information content (AvgIpc) is 2.73. The van der Waals surface area contributed by atoms with Gasteiger partial charge in [0.25, 0.3) is 0 Å². The maximum absolute atomic E-state index is 4.25. The van der Waals surface area contributed by atoms with Crippen molar-refractivity contribution in [1.82, 2.24) is 24.6 Å². The van der Waals surface area contributed by atoms with E-state index >= 15 is 0 Å². The molecule has 2 aromatic heterocycles. The fraction of sp³-hybridized carbons (Fsp3) is 0.364. The highest BCUT2D eigenvalue weighted by molar-refractivity contribution is 5.53. The number of fused-ring (bicyclic) bond motifs is 1. The second-order valence-electron chi connectivity index (χ2n) is 4.07. The Morgan fingerprint density at radius 3 is 3.00 bits per heavy atom. The van der Waals surface area contributed by atoms with E-state index in [4.69, 9.17) is 0 Å². The zero-order valence-electron chi connectivity index (χ0n) is 9.17. The number of hydrogen-bond donors (Lipinski definition) is 0. The molecule has 1 aliphatic heterocycles. The Kier molecular flexibility index (Phi) is 2.18. The molecule has 0 spiro atoms. The molecule has 0 saturated heterocycles. The molecule has 3 heterocycles. The van der Waals surface area contributed by atoms with Crippen molar-refractivity contribution in [2.24, 2.45) is 0 Å². The van der Waals surface area contributed by atoms with Crippen LogP contribution in [-0.4, -0.2) is 38.2 Å². The number of hydrogen-bond acceptors (Lipinski definition) is 4. The van der Waals surface area contributed by atoms with Crippen molar-refractivity contribution >= 4 is 0 Å². The van der Waals surface area contributed by atoms with E-state index in [1.165, 1.54) is 0 Å². The number of rotatable bonds is 1. The molecular formula is C11H13N5. The van der Waals surface area contributed by atoms with Crippen molar-refractivity contribution in [1.29, 1.82) is 0 Å². The average molecular weight is 215 g/mol. The molecule has 0 atom stereocenters. The third-order valence-corrected chi connectivity index (χ3v) is 2.86. The maximum atomic E-state index is 4.25. The SMILES string of the molecule is CN1CCn2c(nnc2-c2cccnc2)C1. The number of aromatic nitrogens is 4. The van der Waals surface area contributed by atoms with Gasteiger partial charge in [-0.1, -0.05) is 0 Å². The van der Waals surface area contributed by atoms with Gasteiger partial charge in [-0.15, -0.1) is 10.2 Å². The first-order chi connectivity index (χ1) is 7.84. The van der Waals surface area contributed by atoms with Crippen LogP contribution in [0.25, 0.3) is 11.4 Å². The third-order valence-electron chi connectivity index (χ3n) is 2.86.